The lowest BCUT2D eigenvalue weighted by atomic mass is 9.92. The first-order chi connectivity index (χ1) is 12.0. The predicted molar refractivity (Wildman–Crippen MR) is 88.6 cm³/mol. The van der Waals surface area contributed by atoms with E-state index in [0.29, 0.717) is 5.56 Å². The molecule has 7 nitrogen and oxygen atoms in total. The van der Waals surface area contributed by atoms with Gasteiger partial charge in [-0.05, 0) is 12.1 Å². The molecule has 1 rings (SSSR count). The van der Waals surface area contributed by atoms with Crippen molar-refractivity contribution in [3.8, 4) is 0 Å². The number of esters is 3. The van der Waals surface area contributed by atoms with E-state index in [1.807, 2.05) is 0 Å². The molecule has 1 N–H and O–H groups in total. The van der Waals surface area contributed by atoms with Gasteiger partial charge in [0.05, 0.1) is 17.6 Å². The van der Waals surface area contributed by atoms with Crippen LogP contribution < -0.4 is 0 Å². The molecule has 0 spiro atoms. The first-order valence-electron chi connectivity index (χ1n) is 7.38. The van der Waals surface area contributed by atoms with Crippen LogP contribution in [0.15, 0.2) is 55.6 Å². The van der Waals surface area contributed by atoms with Crippen molar-refractivity contribution in [1.29, 1.82) is 0 Å². The Morgan fingerprint density at radius 3 is 1.84 bits per heavy atom. The van der Waals surface area contributed by atoms with Crippen LogP contribution in [0.5, 0.6) is 0 Å². The summed E-state index contributed by atoms with van der Waals surface area (Å²) >= 11 is 0. The van der Waals surface area contributed by atoms with Crippen LogP contribution in [0.2, 0.25) is 0 Å². The van der Waals surface area contributed by atoms with Gasteiger partial charge < -0.3 is 19.3 Å². The summed E-state index contributed by atoms with van der Waals surface area (Å²) in [6.07, 6.45) is 1.90. The van der Waals surface area contributed by atoms with Gasteiger partial charge in [0.25, 0.3) is 0 Å². The molecule has 1 aromatic rings. The Morgan fingerprint density at radius 1 is 0.920 bits per heavy atom. The fourth-order valence-corrected chi connectivity index (χ4v) is 1.70. The molecule has 1 aromatic carbocycles. The largest absolute Gasteiger partial charge is 0.462 e. The molecule has 0 aromatic heterocycles. The lowest BCUT2D eigenvalue weighted by Crippen LogP contribution is -2.42. The molecule has 0 amide bonds. The molecule has 0 heterocycles. The van der Waals surface area contributed by atoms with E-state index in [-0.39, 0.29) is 19.8 Å². The van der Waals surface area contributed by atoms with Crippen LogP contribution >= 0.6 is 0 Å². The molecule has 0 aliphatic heterocycles. The average molecular weight is 348 g/mol. The molecular formula is C18H20O7. The number of carbonyl (C=O) groups is 3. The van der Waals surface area contributed by atoms with Gasteiger partial charge in [0.1, 0.15) is 19.8 Å². The van der Waals surface area contributed by atoms with Gasteiger partial charge in [0, 0.05) is 12.2 Å². The van der Waals surface area contributed by atoms with Crippen LogP contribution in [0.4, 0.5) is 0 Å². The quantitative estimate of drug-likeness (QED) is 0.386. The van der Waals surface area contributed by atoms with Crippen LogP contribution in [0.3, 0.4) is 0 Å². The standard InChI is InChI=1S/C18H20O7/c1-3-15(20)23-11-18(10-19,12-24-16(21)4-2)13-25-17(22)14-8-6-5-7-9-14/h3-9,19H,1-2,10-13H2. The molecule has 0 saturated carbocycles. The van der Waals surface area contributed by atoms with E-state index >= 15 is 0 Å². The maximum atomic E-state index is 12.0. The number of aliphatic hydroxyl groups is 1. The lowest BCUT2D eigenvalue weighted by Gasteiger charge is -2.29. The Balaban J connectivity index is 2.81. The van der Waals surface area contributed by atoms with Gasteiger partial charge in [0.15, 0.2) is 0 Å². The average Bonchev–Trinajstić information content (AvgIpc) is 2.67. The van der Waals surface area contributed by atoms with E-state index < -0.39 is 29.9 Å². The number of aliphatic hydroxyl groups excluding tert-OH is 1. The van der Waals surface area contributed by atoms with Crippen molar-refractivity contribution in [2.24, 2.45) is 5.41 Å². The van der Waals surface area contributed by atoms with Crippen LogP contribution in [0.1, 0.15) is 10.4 Å². The van der Waals surface area contributed by atoms with Gasteiger partial charge in [-0.15, -0.1) is 0 Å². The predicted octanol–water partition coefficient (Wildman–Crippen LogP) is 1.28. The summed E-state index contributed by atoms with van der Waals surface area (Å²) in [5.41, 5.74) is -0.984. The highest BCUT2D eigenvalue weighted by Gasteiger charge is 2.35. The van der Waals surface area contributed by atoms with Crippen molar-refractivity contribution < 1.29 is 33.7 Å². The zero-order valence-corrected chi connectivity index (χ0v) is 13.7. The Kier molecular flexibility index (Phi) is 8.08. The first-order valence-corrected chi connectivity index (χ1v) is 7.38. The molecule has 0 fully saturated rings. The number of rotatable bonds is 10. The minimum absolute atomic E-state index is 0.320. The van der Waals surface area contributed by atoms with Gasteiger partial charge >= 0.3 is 17.9 Å². The van der Waals surface area contributed by atoms with E-state index in [2.05, 4.69) is 13.2 Å². The number of hydrogen-bond donors (Lipinski definition) is 1. The first kappa shape index (κ1) is 20.1. The molecule has 134 valence electrons. The van der Waals surface area contributed by atoms with Gasteiger partial charge in [-0.2, -0.15) is 0 Å². The van der Waals surface area contributed by atoms with Crippen LogP contribution in [0.25, 0.3) is 0 Å². The van der Waals surface area contributed by atoms with Crippen LogP contribution in [-0.2, 0) is 23.8 Å². The Labute approximate surface area is 145 Å². The van der Waals surface area contributed by atoms with Crippen molar-refractivity contribution >= 4 is 17.9 Å². The molecule has 0 aliphatic rings. The van der Waals surface area contributed by atoms with Crippen LogP contribution in [0, 0.1) is 5.41 Å². The smallest absolute Gasteiger partial charge is 0.338 e. The zero-order chi connectivity index (χ0) is 18.7. The molecule has 7 heteroatoms. The normalized spacial score (nSPS) is 10.4. The van der Waals surface area contributed by atoms with Crippen molar-refractivity contribution in [3.05, 3.63) is 61.2 Å². The van der Waals surface area contributed by atoms with Gasteiger partial charge in [0.2, 0.25) is 0 Å². The minimum Gasteiger partial charge on any atom is -0.462 e. The Hall–Kier alpha value is -2.93. The highest BCUT2D eigenvalue weighted by Crippen LogP contribution is 2.20. The number of ether oxygens (including phenoxy) is 3. The van der Waals surface area contributed by atoms with E-state index in [1.165, 1.54) is 0 Å². The maximum absolute atomic E-state index is 12.0. The van der Waals surface area contributed by atoms with Crippen molar-refractivity contribution in [2.45, 2.75) is 0 Å². The molecule has 0 unspecified atom stereocenters. The summed E-state index contributed by atoms with van der Waals surface area (Å²) in [7, 11) is 0. The number of benzene rings is 1. The van der Waals surface area contributed by atoms with Gasteiger partial charge in [-0.3, -0.25) is 0 Å². The molecule has 25 heavy (non-hydrogen) atoms. The SMILES string of the molecule is C=CC(=O)OCC(CO)(COC(=O)C=C)COC(=O)c1ccccc1. The second kappa shape index (κ2) is 10.0. The summed E-state index contributed by atoms with van der Waals surface area (Å²) < 4.78 is 15.0. The molecule has 0 aliphatic carbocycles. The Bertz CT molecular complexity index is 598. The van der Waals surface area contributed by atoms with Gasteiger partial charge in [-0.25, -0.2) is 14.4 Å². The number of carbonyl (C=O) groups excluding carboxylic acids is 3. The third kappa shape index (κ3) is 6.60. The third-order valence-electron chi connectivity index (χ3n) is 3.23. The number of hydrogen-bond acceptors (Lipinski definition) is 7. The highest BCUT2D eigenvalue weighted by molar-refractivity contribution is 5.89. The molecule has 0 bridgehead atoms. The molecule has 0 atom stereocenters. The molecule has 0 radical (unpaired) electrons. The highest BCUT2D eigenvalue weighted by atomic mass is 16.6. The summed E-state index contributed by atoms with van der Waals surface area (Å²) in [6, 6.07) is 8.23. The van der Waals surface area contributed by atoms with E-state index in [1.54, 1.807) is 30.3 Å². The van der Waals surface area contributed by atoms with E-state index in [9.17, 15) is 19.5 Å². The third-order valence-corrected chi connectivity index (χ3v) is 3.23. The fourth-order valence-electron chi connectivity index (χ4n) is 1.70. The second-order valence-corrected chi connectivity index (χ2v) is 5.22. The summed E-state index contributed by atoms with van der Waals surface area (Å²) in [6.45, 7) is 4.99. The van der Waals surface area contributed by atoms with Gasteiger partial charge in [-0.1, -0.05) is 31.4 Å². The maximum Gasteiger partial charge on any atom is 0.338 e. The van der Waals surface area contributed by atoms with Crippen molar-refractivity contribution in [1.82, 2.24) is 0 Å². The zero-order valence-electron chi connectivity index (χ0n) is 13.7. The molecular weight excluding hydrogens is 328 g/mol. The van der Waals surface area contributed by atoms with Crippen molar-refractivity contribution in [3.63, 3.8) is 0 Å². The van der Waals surface area contributed by atoms with E-state index in [4.69, 9.17) is 14.2 Å². The summed E-state index contributed by atoms with van der Waals surface area (Å²) in [5, 5.41) is 9.71. The fraction of sp³-hybridized carbons (Fsp3) is 0.278. The second-order valence-electron chi connectivity index (χ2n) is 5.22. The minimum atomic E-state index is -1.30. The monoisotopic (exact) mass is 348 g/mol. The van der Waals surface area contributed by atoms with Crippen molar-refractivity contribution in [2.75, 3.05) is 26.4 Å². The summed E-state index contributed by atoms with van der Waals surface area (Å²) in [5.74, 6) is -2.06. The lowest BCUT2D eigenvalue weighted by molar-refractivity contribution is -0.153. The van der Waals surface area contributed by atoms with Crippen LogP contribution in [-0.4, -0.2) is 49.4 Å². The van der Waals surface area contributed by atoms with E-state index in [0.717, 1.165) is 12.2 Å². The topological polar surface area (TPSA) is 99.1 Å². The molecule has 0 saturated heterocycles. The summed E-state index contributed by atoms with van der Waals surface area (Å²) in [4.78, 5) is 34.6. The Morgan fingerprint density at radius 2 is 1.40 bits per heavy atom.